The zero-order chi connectivity index (χ0) is 20.4. The molecule has 1 aliphatic heterocycles. The highest BCUT2D eigenvalue weighted by Gasteiger charge is 2.31. The van der Waals surface area contributed by atoms with Gasteiger partial charge in [0.2, 0.25) is 5.78 Å². The highest BCUT2D eigenvalue weighted by Crippen LogP contribution is 2.40. The molecule has 6 nitrogen and oxygen atoms in total. The Labute approximate surface area is 172 Å². The summed E-state index contributed by atoms with van der Waals surface area (Å²) in [7, 11) is 3.52. The second kappa shape index (κ2) is 7.93. The molecular weight excluding hydrogens is 401 g/mol. The monoisotopic (exact) mass is 415 g/mol. The summed E-state index contributed by atoms with van der Waals surface area (Å²) in [6.45, 7) is -0.606. The number of ketones is 1. The van der Waals surface area contributed by atoms with Crippen LogP contribution in [0.25, 0.3) is 0 Å². The van der Waals surface area contributed by atoms with Crippen molar-refractivity contribution in [2.45, 2.75) is 0 Å². The molecule has 1 aliphatic rings. The first kappa shape index (κ1) is 19.7. The predicted octanol–water partition coefficient (Wildman–Crippen LogP) is 4.04. The van der Waals surface area contributed by atoms with E-state index in [-0.39, 0.29) is 21.2 Å². The predicted molar refractivity (Wildman–Crippen MR) is 108 cm³/mol. The maximum atomic E-state index is 12.6. The fourth-order valence-corrected chi connectivity index (χ4v) is 3.58. The molecule has 142 valence electrons. The lowest BCUT2D eigenvalue weighted by atomic mass is 10.2. The summed E-state index contributed by atoms with van der Waals surface area (Å²) in [6, 6.07) is 14.0. The van der Waals surface area contributed by atoms with Crippen LogP contribution in [0.1, 0.15) is 10.4 Å². The van der Waals surface area contributed by atoms with Crippen LogP contribution in [0.5, 0.6) is 0 Å². The van der Waals surface area contributed by atoms with Gasteiger partial charge in [0, 0.05) is 14.1 Å². The van der Waals surface area contributed by atoms with Crippen LogP contribution in [-0.2, 0) is 9.53 Å². The summed E-state index contributed by atoms with van der Waals surface area (Å²) in [5.41, 5.74) is 1.59. The van der Waals surface area contributed by atoms with E-state index in [9.17, 15) is 14.9 Å². The van der Waals surface area contributed by atoms with Gasteiger partial charge >= 0.3 is 5.97 Å². The van der Waals surface area contributed by atoms with Crippen LogP contribution >= 0.6 is 23.2 Å². The average Bonchev–Trinajstić information content (AvgIpc) is 2.92. The summed E-state index contributed by atoms with van der Waals surface area (Å²) in [4.78, 5) is 28.4. The minimum absolute atomic E-state index is 0.0210. The molecule has 0 unspecified atom stereocenters. The van der Waals surface area contributed by atoms with E-state index in [1.165, 1.54) is 12.1 Å². The van der Waals surface area contributed by atoms with Gasteiger partial charge in [-0.15, -0.1) is 0 Å². The van der Waals surface area contributed by atoms with Crippen LogP contribution < -0.4 is 9.80 Å². The van der Waals surface area contributed by atoms with E-state index in [1.807, 2.05) is 30.3 Å². The molecule has 0 aliphatic carbocycles. The lowest BCUT2D eigenvalue weighted by Gasteiger charge is -2.19. The normalized spacial score (nSPS) is 12.5. The van der Waals surface area contributed by atoms with Crippen molar-refractivity contribution in [3.05, 3.63) is 69.5 Å². The van der Waals surface area contributed by atoms with Crippen molar-refractivity contribution < 1.29 is 14.3 Å². The van der Waals surface area contributed by atoms with E-state index in [2.05, 4.69) is 0 Å². The van der Waals surface area contributed by atoms with Crippen molar-refractivity contribution in [1.82, 2.24) is 0 Å². The molecule has 0 saturated carbocycles. The molecule has 1 heterocycles. The van der Waals surface area contributed by atoms with E-state index < -0.39 is 18.4 Å². The molecule has 0 amide bonds. The molecule has 0 spiro atoms. The number of para-hydroxylation sites is 2. The largest absolute Gasteiger partial charge is 0.454 e. The van der Waals surface area contributed by atoms with Crippen molar-refractivity contribution in [3.63, 3.8) is 0 Å². The van der Waals surface area contributed by atoms with Crippen molar-refractivity contribution >= 4 is 46.3 Å². The zero-order valence-corrected chi connectivity index (χ0v) is 16.6. The number of hydrogen-bond donors (Lipinski definition) is 0. The number of Topliss-reactive ketones (excluding diaryl/α,β-unsaturated/α-hetero) is 1. The van der Waals surface area contributed by atoms with Crippen LogP contribution in [0.15, 0.2) is 53.9 Å². The number of anilines is 2. The third-order valence-electron chi connectivity index (χ3n) is 4.36. The fourth-order valence-electron chi connectivity index (χ4n) is 3.03. The van der Waals surface area contributed by atoms with Gasteiger partial charge in [-0.25, -0.2) is 4.79 Å². The molecule has 0 atom stereocenters. The van der Waals surface area contributed by atoms with Gasteiger partial charge in [-0.05, 0) is 24.3 Å². The van der Waals surface area contributed by atoms with Crippen LogP contribution in [0, 0.1) is 11.3 Å². The van der Waals surface area contributed by atoms with Gasteiger partial charge in [-0.2, -0.15) is 5.26 Å². The number of hydrogen-bond acceptors (Lipinski definition) is 6. The van der Waals surface area contributed by atoms with Gasteiger partial charge in [-0.1, -0.05) is 41.4 Å². The second-order valence-electron chi connectivity index (χ2n) is 6.01. The van der Waals surface area contributed by atoms with Crippen LogP contribution in [0.2, 0.25) is 10.0 Å². The van der Waals surface area contributed by atoms with E-state index in [4.69, 9.17) is 27.9 Å². The Kier molecular flexibility index (Phi) is 5.59. The molecule has 0 N–H and O–H groups in total. The number of esters is 1. The van der Waals surface area contributed by atoms with Crippen molar-refractivity contribution in [2.24, 2.45) is 0 Å². The maximum absolute atomic E-state index is 12.6. The lowest BCUT2D eigenvalue weighted by molar-refractivity contribution is -0.118. The second-order valence-corrected chi connectivity index (χ2v) is 6.83. The first-order chi connectivity index (χ1) is 13.4. The molecule has 28 heavy (non-hydrogen) atoms. The minimum atomic E-state index is -0.831. The average molecular weight is 416 g/mol. The van der Waals surface area contributed by atoms with Crippen molar-refractivity contribution in [3.8, 4) is 6.07 Å². The number of carbonyl (C=O) groups excluding carboxylic acids is 2. The Balaban J connectivity index is 1.83. The topological polar surface area (TPSA) is 73.6 Å². The van der Waals surface area contributed by atoms with Gasteiger partial charge in [0.1, 0.15) is 17.5 Å². The van der Waals surface area contributed by atoms with E-state index in [1.54, 1.807) is 30.0 Å². The molecule has 0 fully saturated rings. The maximum Gasteiger partial charge on any atom is 0.341 e. The van der Waals surface area contributed by atoms with Gasteiger partial charge < -0.3 is 14.5 Å². The Bertz CT molecular complexity index is 992. The number of rotatable bonds is 4. The molecule has 2 aromatic rings. The van der Waals surface area contributed by atoms with Crippen LogP contribution in [0.3, 0.4) is 0 Å². The highest BCUT2D eigenvalue weighted by molar-refractivity contribution is 6.39. The SMILES string of the molecule is CN1C(=C(C#N)C(=O)COC(=O)c2c(Cl)cccc2Cl)N(C)c2ccccc21. The Morgan fingerprint density at radius 3 is 2.04 bits per heavy atom. The van der Waals surface area contributed by atoms with Gasteiger partial charge in [0.25, 0.3) is 0 Å². The number of halogens is 2. The Morgan fingerprint density at radius 1 is 1.00 bits per heavy atom. The number of carbonyl (C=O) groups is 2. The zero-order valence-electron chi connectivity index (χ0n) is 15.1. The number of benzene rings is 2. The van der Waals surface area contributed by atoms with Gasteiger partial charge in [-0.3, -0.25) is 4.79 Å². The minimum Gasteiger partial charge on any atom is -0.454 e. The molecule has 2 aromatic carbocycles. The van der Waals surface area contributed by atoms with E-state index in [0.717, 1.165) is 11.4 Å². The van der Waals surface area contributed by atoms with E-state index >= 15 is 0 Å². The number of ether oxygens (including phenoxy) is 1. The molecule has 3 rings (SSSR count). The fraction of sp³-hybridized carbons (Fsp3) is 0.150. The van der Waals surface area contributed by atoms with Crippen molar-refractivity contribution in [1.29, 1.82) is 5.26 Å². The smallest absolute Gasteiger partial charge is 0.341 e. The first-order valence-electron chi connectivity index (χ1n) is 8.22. The third-order valence-corrected chi connectivity index (χ3v) is 4.99. The molecule has 8 heteroatoms. The summed E-state index contributed by atoms with van der Waals surface area (Å²) in [5.74, 6) is -1.04. The lowest BCUT2D eigenvalue weighted by Crippen LogP contribution is -2.28. The number of nitrogens with zero attached hydrogens (tertiary/aromatic N) is 3. The van der Waals surface area contributed by atoms with Gasteiger partial charge in [0.15, 0.2) is 6.61 Å². The molecule has 0 bridgehead atoms. The quantitative estimate of drug-likeness (QED) is 0.426. The summed E-state index contributed by atoms with van der Waals surface area (Å²) < 4.78 is 5.06. The summed E-state index contributed by atoms with van der Waals surface area (Å²) >= 11 is 12.0. The standard InChI is InChI=1S/C20H15Cl2N3O3/c1-24-15-8-3-4-9-16(15)25(2)19(24)12(10-23)17(26)11-28-20(27)18-13(21)6-5-7-14(18)22/h3-9H,11H2,1-2H3. The number of fused-ring (bicyclic) bond motifs is 1. The highest BCUT2D eigenvalue weighted by atomic mass is 35.5. The summed E-state index contributed by atoms with van der Waals surface area (Å²) in [6.07, 6.45) is 0. The van der Waals surface area contributed by atoms with Crippen LogP contribution in [0.4, 0.5) is 11.4 Å². The van der Waals surface area contributed by atoms with E-state index in [0.29, 0.717) is 5.82 Å². The number of nitriles is 1. The van der Waals surface area contributed by atoms with Crippen LogP contribution in [-0.4, -0.2) is 32.5 Å². The Morgan fingerprint density at radius 2 is 1.54 bits per heavy atom. The molecule has 0 saturated heterocycles. The molecule has 0 aromatic heterocycles. The van der Waals surface area contributed by atoms with Gasteiger partial charge in [0.05, 0.1) is 27.0 Å². The Hall–Kier alpha value is -3.01. The third kappa shape index (κ3) is 3.42. The van der Waals surface area contributed by atoms with Crippen molar-refractivity contribution in [2.75, 3.05) is 30.5 Å². The molecular formula is C20H15Cl2N3O3. The summed E-state index contributed by atoms with van der Waals surface area (Å²) in [5, 5.41) is 9.82. The first-order valence-corrected chi connectivity index (χ1v) is 8.97. The molecule has 0 radical (unpaired) electrons.